The summed E-state index contributed by atoms with van der Waals surface area (Å²) in [6.07, 6.45) is 1.14. The number of piperidine rings is 1. The van der Waals surface area contributed by atoms with Gasteiger partial charge in [-0.1, -0.05) is 6.92 Å². The van der Waals surface area contributed by atoms with Gasteiger partial charge >= 0.3 is 18.1 Å². The molecule has 0 spiro atoms. The Morgan fingerprint density at radius 2 is 1.82 bits per heavy atom. The van der Waals surface area contributed by atoms with Crippen LogP contribution in [0.4, 0.5) is 13.2 Å². The van der Waals surface area contributed by atoms with E-state index in [1.54, 1.807) is 12.1 Å². The first-order valence-electron chi connectivity index (χ1n) is 14.1. The molecule has 0 atom stereocenters. The Morgan fingerprint density at radius 1 is 1.14 bits per heavy atom. The number of carbonyl (C=O) groups is 2. The average molecular weight is 616 g/mol. The number of nitrogens with zero attached hydrogens (tertiary/aromatic N) is 5. The third-order valence-electron chi connectivity index (χ3n) is 7.55. The minimum absolute atomic E-state index is 0.0764. The summed E-state index contributed by atoms with van der Waals surface area (Å²) in [6.45, 7) is 6.49. The molecule has 0 aliphatic carbocycles. The van der Waals surface area contributed by atoms with Gasteiger partial charge in [-0.3, -0.25) is 0 Å². The van der Waals surface area contributed by atoms with Crippen LogP contribution in [0.1, 0.15) is 43.6 Å². The van der Waals surface area contributed by atoms with Crippen LogP contribution in [0, 0.1) is 17.2 Å². The largest absolute Gasteiger partial charge is 0.493 e. The molecule has 2 aliphatic rings. The van der Waals surface area contributed by atoms with Crippen LogP contribution in [0.3, 0.4) is 0 Å². The highest BCUT2D eigenvalue weighted by Crippen LogP contribution is 2.40. The zero-order chi connectivity index (χ0) is 31.9. The van der Waals surface area contributed by atoms with Crippen molar-refractivity contribution in [3.05, 3.63) is 54.0 Å². The van der Waals surface area contributed by atoms with Crippen LogP contribution in [0.25, 0.3) is 22.3 Å². The monoisotopic (exact) mass is 615 g/mol. The lowest BCUT2D eigenvalue weighted by Crippen LogP contribution is -2.33. The van der Waals surface area contributed by atoms with E-state index in [4.69, 9.17) is 19.7 Å². The number of halogens is 3. The Morgan fingerprint density at radius 3 is 2.36 bits per heavy atom. The highest BCUT2D eigenvalue weighted by atomic mass is 19.4. The second-order valence-electron chi connectivity index (χ2n) is 10.4. The maximum atomic E-state index is 14.0. The third-order valence-corrected chi connectivity index (χ3v) is 7.55. The molecule has 0 saturated carbocycles. The maximum absolute atomic E-state index is 14.0. The van der Waals surface area contributed by atoms with E-state index in [2.05, 4.69) is 21.8 Å². The van der Waals surface area contributed by atoms with Crippen molar-refractivity contribution in [2.24, 2.45) is 5.92 Å². The molecule has 4 heterocycles. The summed E-state index contributed by atoms with van der Waals surface area (Å²) < 4.78 is 54.9. The van der Waals surface area contributed by atoms with Gasteiger partial charge in [-0.2, -0.15) is 18.4 Å². The normalized spacial score (nSPS) is 16.2. The quantitative estimate of drug-likeness (QED) is 0.322. The van der Waals surface area contributed by atoms with Crippen molar-refractivity contribution in [2.75, 3.05) is 39.5 Å². The fraction of sp³-hybridized carbons (Fsp3) is 0.433. The molecule has 2 aromatic heterocycles. The molecule has 2 fully saturated rings. The summed E-state index contributed by atoms with van der Waals surface area (Å²) in [5, 5.41) is 25.7. The first-order valence-corrected chi connectivity index (χ1v) is 14.1. The lowest BCUT2D eigenvalue weighted by Gasteiger charge is -2.31. The van der Waals surface area contributed by atoms with E-state index in [0.717, 1.165) is 45.0 Å². The van der Waals surface area contributed by atoms with Crippen LogP contribution in [0.5, 0.6) is 5.75 Å². The van der Waals surface area contributed by atoms with Crippen molar-refractivity contribution in [1.29, 1.82) is 5.26 Å². The van der Waals surface area contributed by atoms with Crippen molar-refractivity contribution in [2.45, 2.75) is 38.4 Å². The Labute approximate surface area is 251 Å². The van der Waals surface area contributed by atoms with Crippen LogP contribution in [-0.4, -0.2) is 81.0 Å². The van der Waals surface area contributed by atoms with Gasteiger partial charge in [0.25, 0.3) is 0 Å². The Hall–Kier alpha value is -4.48. The number of carboxylic acid groups (broad SMARTS) is 2. The molecule has 0 amide bonds. The van der Waals surface area contributed by atoms with Gasteiger partial charge in [0.2, 0.25) is 5.82 Å². The predicted octanol–water partition coefficient (Wildman–Crippen LogP) is 4.77. The fourth-order valence-electron chi connectivity index (χ4n) is 5.08. The average Bonchev–Trinajstić information content (AvgIpc) is 3.38. The summed E-state index contributed by atoms with van der Waals surface area (Å²) in [7, 11) is 0. The van der Waals surface area contributed by atoms with E-state index in [1.165, 1.54) is 6.07 Å². The van der Waals surface area contributed by atoms with Crippen molar-refractivity contribution >= 4 is 23.0 Å². The molecule has 0 unspecified atom stereocenters. The summed E-state index contributed by atoms with van der Waals surface area (Å²) in [5.74, 6) is -2.34. The highest BCUT2D eigenvalue weighted by Gasteiger charge is 2.35. The molecule has 2 N–H and O–H groups in total. The molecule has 0 radical (unpaired) electrons. The lowest BCUT2D eigenvalue weighted by atomic mass is 9.94. The summed E-state index contributed by atoms with van der Waals surface area (Å²) in [5.41, 5.74) is 0.203. The van der Waals surface area contributed by atoms with E-state index in [0.29, 0.717) is 42.3 Å². The Bertz CT molecular complexity index is 1540. The molecule has 2 saturated heterocycles. The van der Waals surface area contributed by atoms with Crippen molar-refractivity contribution in [3.63, 3.8) is 0 Å². The smallest absolute Gasteiger partial charge is 0.419 e. The van der Waals surface area contributed by atoms with Crippen LogP contribution in [-0.2, 0) is 20.5 Å². The zero-order valence-corrected chi connectivity index (χ0v) is 24.0. The number of aliphatic carboxylic acids is 2. The van der Waals surface area contributed by atoms with Gasteiger partial charge in [0.1, 0.15) is 17.5 Å². The van der Waals surface area contributed by atoms with Crippen molar-refractivity contribution in [1.82, 2.24) is 19.4 Å². The highest BCUT2D eigenvalue weighted by molar-refractivity contribution is 5.92. The standard InChI is InChI=1S/C26H28F3N5O2.C4H4O4/c1-2-33-9-5-17(6-10-33)8-12-36-22-4-3-18(13-21(22)26(27,28)29)24-20-7-11-34(19-15-35-16-19)25(20)32-23(14-30)31-24;5-3(6)1-2-4(7)8/h3-4,7,11,13,17,19H,2,5-6,8-10,12,15-16H2,1H3;1-2H,(H,5,6)(H,7,8)/b;2-1+. The number of ether oxygens (including phenoxy) is 2. The van der Waals surface area contributed by atoms with E-state index in [1.807, 2.05) is 16.8 Å². The van der Waals surface area contributed by atoms with E-state index in [-0.39, 0.29) is 35.5 Å². The molecule has 1 aromatic carbocycles. The van der Waals surface area contributed by atoms with Crippen molar-refractivity contribution in [3.8, 4) is 23.1 Å². The number of nitriles is 1. The predicted molar refractivity (Wildman–Crippen MR) is 152 cm³/mol. The summed E-state index contributed by atoms with van der Waals surface area (Å²) >= 11 is 0. The molecule has 14 heteroatoms. The topological polar surface area (TPSA) is 151 Å². The Kier molecular flexibility index (Phi) is 10.6. The van der Waals surface area contributed by atoms with E-state index < -0.39 is 23.7 Å². The van der Waals surface area contributed by atoms with Crippen LogP contribution < -0.4 is 4.74 Å². The first kappa shape index (κ1) is 32.4. The molecular formula is C30H32F3N5O6. The molecular weight excluding hydrogens is 583 g/mol. The lowest BCUT2D eigenvalue weighted by molar-refractivity contribution is -0.139. The van der Waals surface area contributed by atoms with Crippen LogP contribution in [0.15, 0.2) is 42.6 Å². The van der Waals surface area contributed by atoms with Gasteiger partial charge in [-0.25, -0.2) is 19.6 Å². The fourth-order valence-corrected chi connectivity index (χ4v) is 5.08. The number of fused-ring (bicyclic) bond motifs is 1. The van der Waals surface area contributed by atoms with Gasteiger partial charge < -0.3 is 29.2 Å². The van der Waals surface area contributed by atoms with Crippen LogP contribution >= 0.6 is 0 Å². The number of alkyl halides is 3. The minimum atomic E-state index is -4.60. The zero-order valence-electron chi connectivity index (χ0n) is 24.0. The first-order chi connectivity index (χ1) is 21.0. The second kappa shape index (κ2) is 14.3. The molecule has 0 bridgehead atoms. The van der Waals surface area contributed by atoms with Crippen molar-refractivity contribution < 1.29 is 42.4 Å². The third kappa shape index (κ3) is 8.12. The number of hydrogen-bond donors (Lipinski definition) is 2. The molecule has 3 aromatic rings. The maximum Gasteiger partial charge on any atom is 0.419 e. The molecule has 2 aliphatic heterocycles. The molecule has 234 valence electrons. The van der Waals surface area contributed by atoms with Crippen LogP contribution in [0.2, 0.25) is 0 Å². The number of likely N-dealkylation sites (tertiary alicyclic amines) is 1. The second-order valence-corrected chi connectivity index (χ2v) is 10.4. The number of hydrogen-bond acceptors (Lipinski definition) is 8. The minimum Gasteiger partial charge on any atom is -0.493 e. The van der Waals surface area contributed by atoms with Gasteiger partial charge in [-0.05, 0) is 69.1 Å². The molecule has 11 nitrogen and oxygen atoms in total. The number of rotatable bonds is 9. The van der Waals surface area contributed by atoms with E-state index in [9.17, 15) is 28.0 Å². The number of aromatic nitrogens is 3. The van der Waals surface area contributed by atoms with Gasteiger partial charge in [0.15, 0.2) is 0 Å². The summed E-state index contributed by atoms with van der Waals surface area (Å²) in [4.78, 5) is 30.1. The van der Waals surface area contributed by atoms with Gasteiger partial charge in [0.05, 0.1) is 37.1 Å². The molecule has 44 heavy (non-hydrogen) atoms. The van der Waals surface area contributed by atoms with E-state index >= 15 is 0 Å². The SMILES string of the molecule is CCN1CCC(CCOc2ccc(-c3nc(C#N)nc4c3ccn4C3COC3)cc2C(F)(F)F)CC1.O=C(O)/C=C/C(=O)O. The molecule has 5 rings (SSSR count). The van der Waals surface area contributed by atoms with Gasteiger partial charge in [-0.15, -0.1) is 0 Å². The summed E-state index contributed by atoms with van der Waals surface area (Å²) in [6, 6.07) is 7.75. The Balaban J connectivity index is 0.000000488. The number of benzene rings is 1. The number of carboxylic acids is 2. The van der Waals surface area contributed by atoms with Gasteiger partial charge in [0, 0.05) is 29.3 Å².